The molecular formula is C32H38N2O10S. The van der Waals surface area contributed by atoms with Gasteiger partial charge < -0.3 is 38.3 Å². The van der Waals surface area contributed by atoms with Gasteiger partial charge in [-0.3, -0.25) is 14.6 Å². The van der Waals surface area contributed by atoms with Crippen LogP contribution in [0.3, 0.4) is 0 Å². The molecule has 5 aliphatic rings. The molecule has 1 N–H and O–H groups in total. The van der Waals surface area contributed by atoms with Crippen LogP contribution < -0.4 is 23.7 Å². The van der Waals surface area contributed by atoms with Gasteiger partial charge in [-0.15, -0.1) is 11.8 Å². The zero-order valence-electron chi connectivity index (χ0n) is 26.2. The second-order valence-corrected chi connectivity index (χ2v) is 13.4. The molecule has 0 saturated carbocycles. The van der Waals surface area contributed by atoms with Crippen molar-refractivity contribution in [3.8, 4) is 28.7 Å². The highest BCUT2D eigenvalue weighted by atomic mass is 32.2. The molecule has 2 aromatic carbocycles. The molecule has 242 valence electrons. The summed E-state index contributed by atoms with van der Waals surface area (Å²) in [6, 6.07) is 1.45. The summed E-state index contributed by atoms with van der Waals surface area (Å²) in [5.41, 5.74) is 5.42. The summed E-state index contributed by atoms with van der Waals surface area (Å²) < 4.78 is 41.4. The average molecular weight is 643 g/mol. The van der Waals surface area contributed by atoms with Crippen molar-refractivity contribution in [3.63, 3.8) is 0 Å². The molecule has 0 amide bonds. The summed E-state index contributed by atoms with van der Waals surface area (Å²) >= 11 is 1.45. The fourth-order valence-corrected chi connectivity index (χ4v) is 9.36. The SMILES string of the molecule is COCOc1c(OC)c(C)cc2c1[C@@H]1C3[C@@H]4SC[C@H](O)C(=O)OC[C@@H](c5c6c(c(C)c(OC(C)=O)c54)OCO6)N3C[C@H](C2)N1C. The van der Waals surface area contributed by atoms with Crippen molar-refractivity contribution in [2.24, 2.45) is 0 Å². The Kier molecular flexibility index (Phi) is 7.80. The van der Waals surface area contributed by atoms with Crippen LogP contribution in [0.1, 0.15) is 57.6 Å². The first-order valence-electron chi connectivity index (χ1n) is 15.1. The number of methoxy groups -OCH3 is 2. The zero-order valence-corrected chi connectivity index (χ0v) is 27.0. The van der Waals surface area contributed by atoms with E-state index in [1.165, 1.54) is 24.2 Å². The van der Waals surface area contributed by atoms with E-state index in [1.807, 2.05) is 13.8 Å². The maximum atomic E-state index is 12.9. The Balaban J connectivity index is 1.51. The number of ether oxygens (including phenoxy) is 7. The van der Waals surface area contributed by atoms with Gasteiger partial charge in [-0.2, -0.15) is 0 Å². The Hall–Kier alpha value is -3.23. The van der Waals surface area contributed by atoms with Crippen LogP contribution in [0.4, 0.5) is 0 Å². The summed E-state index contributed by atoms with van der Waals surface area (Å²) in [7, 11) is 5.36. The van der Waals surface area contributed by atoms with Gasteiger partial charge in [0.25, 0.3) is 0 Å². The van der Waals surface area contributed by atoms with Crippen LogP contribution in [0.25, 0.3) is 0 Å². The van der Waals surface area contributed by atoms with Crippen molar-refractivity contribution < 1.29 is 47.9 Å². The number of hydrogen-bond donors (Lipinski definition) is 1. The van der Waals surface area contributed by atoms with Crippen LogP contribution in [-0.2, 0) is 25.5 Å². The van der Waals surface area contributed by atoms with Gasteiger partial charge in [0, 0.05) is 60.7 Å². The smallest absolute Gasteiger partial charge is 0.335 e. The van der Waals surface area contributed by atoms with Crippen molar-refractivity contribution in [1.29, 1.82) is 0 Å². The van der Waals surface area contributed by atoms with Crippen LogP contribution in [0.5, 0.6) is 28.7 Å². The Morgan fingerprint density at radius 3 is 2.60 bits per heavy atom. The minimum Gasteiger partial charge on any atom is -0.493 e. The molecule has 0 aliphatic carbocycles. The number of nitrogens with zero attached hydrogens (tertiary/aromatic N) is 2. The summed E-state index contributed by atoms with van der Waals surface area (Å²) in [5, 5.41) is 10.5. The molecule has 0 aromatic heterocycles. The molecule has 4 bridgehead atoms. The number of carbonyl (C=O) groups is 2. The van der Waals surface area contributed by atoms with Gasteiger partial charge in [0.1, 0.15) is 12.4 Å². The fourth-order valence-electron chi connectivity index (χ4n) is 7.93. The fraction of sp³-hybridized carbons (Fsp3) is 0.562. The zero-order chi connectivity index (χ0) is 31.7. The van der Waals surface area contributed by atoms with E-state index in [-0.39, 0.29) is 49.3 Å². The Labute approximate surface area is 265 Å². The monoisotopic (exact) mass is 642 g/mol. The third kappa shape index (κ3) is 4.65. The first-order valence-corrected chi connectivity index (χ1v) is 16.1. The number of esters is 2. The maximum absolute atomic E-state index is 12.9. The van der Waals surface area contributed by atoms with E-state index in [1.54, 1.807) is 14.2 Å². The lowest BCUT2D eigenvalue weighted by atomic mass is 9.73. The lowest BCUT2D eigenvalue weighted by molar-refractivity contribution is -0.156. The van der Waals surface area contributed by atoms with Crippen LogP contribution in [-0.4, -0.2) is 98.8 Å². The second kappa shape index (κ2) is 11.5. The highest BCUT2D eigenvalue weighted by Gasteiger charge is 2.57. The van der Waals surface area contributed by atoms with Crippen molar-refractivity contribution in [2.75, 3.05) is 53.8 Å². The number of carbonyl (C=O) groups excluding carboxylic acids is 2. The minimum atomic E-state index is -1.31. The molecule has 5 aliphatic heterocycles. The topological polar surface area (TPSA) is 125 Å². The number of fused-ring (bicyclic) bond motifs is 9. The molecule has 45 heavy (non-hydrogen) atoms. The molecule has 13 heteroatoms. The van der Waals surface area contributed by atoms with Gasteiger partial charge in [-0.1, -0.05) is 6.07 Å². The second-order valence-electron chi connectivity index (χ2n) is 12.2. The van der Waals surface area contributed by atoms with E-state index in [4.69, 9.17) is 33.2 Å². The van der Waals surface area contributed by atoms with E-state index in [9.17, 15) is 14.7 Å². The van der Waals surface area contributed by atoms with Crippen molar-refractivity contribution >= 4 is 23.7 Å². The number of benzene rings is 2. The molecule has 2 saturated heterocycles. The number of thioether (sulfide) groups is 1. The van der Waals surface area contributed by atoms with E-state index in [0.29, 0.717) is 40.9 Å². The lowest BCUT2D eigenvalue weighted by Crippen LogP contribution is -2.65. The summed E-state index contributed by atoms with van der Waals surface area (Å²) in [4.78, 5) is 30.2. The van der Waals surface area contributed by atoms with Crippen LogP contribution >= 0.6 is 11.8 Å². The Morgan fingerprint density at radius 2 is 1.87 bits per heavy atom. The highest BCUT2D eigenvalue weighted by Crippen LogP contribution is 2.63. The first kappa shape index (κ1) is 30.4. The molecule has 0 radical (unpaired) electrons. The molecule has 12 nitrogen and oxygen atoms in total. The first-order chi connectivity index (χ1) is 21.7. The number of likely N-dealkylation sites (N-methyl/N-ethyl adjacent to an activating group) is 1. The van der Waals surface area contributed by atoms with Crippen LogP contribution in [0.2, 0.25) is 0 Å². The molecule has 6 atom stereocenters. The van der Waals surface area contributed by atoms with Gasteiger partial charge in [0.2, 0.25) is 6.79 Å². The molecule has 5 heterocycles. The normalized spacial score (nSPS) is 28.5. The quantitative estimate of drug-likeness (QED) is 0.292. The summed E-state index contributed by atoms with van der Waals surface area (Å²) in [6.45, 7) is 6.00. The minimum absolute atomic E-state index is 0.0184. The van der Waals surface area contributed by atoms with E-state index >= 15 is 0 Å². The molecule has 0 spiro atoms. The van der Waals surface area contributed by atoms with Gasteiger partial charge in [-0.25, -0.2) is 4.79 Å². The Bertz CT molecular complexity index is 1570. The number of piperazine rings is 1. The van der Waals surface area contributed by atoms with Crippen molar-refractivity contribution in [3.05, 3.63) is 39.4 Å². The van der Waals surface area contributed by atoms with Gasteiger partial charge in [0.05, 0.1) is 24.4 Å². The Morgan fingerprint density at radius 1 is 1.09 bits per heavy atom. The molecular weight excluding hydrogens is 604 g/mol. The largest absolute Gasteiger partial charge is 0.493 e. The predicted molar refractivity (Wildman–Crippen MR) is 162 cm³/mol. The van der Waals surface area contributed by atoms with Crippen LogP contribution in [0, 0.1) is 13.8 Å². The lowest BCUT2D eigenvalue weighted by Gasteiger charge is -2.60. The van der Waals surface area contributed by atoms with Gasteiger partial charge >= 0.3 is 11.9 Å². The number of aryl methyl sites for hydroxylation is 1. The molecule has 1 unspecified atom stereocenters. The maximum Gasteiger partial charge on any atom is 0.335 e. The third-order valence-corrected chi connectivity index (χ3v) is 11.1. The average Bonchev–Trinajstić information content (AvgIpc) is 3.49. The number of hydrogen-bond acceptors (Lipinski definition) is 13. The van der Waals surface area contributed by atoms with E-state index in [0.717, 1.165) is 28.7 Å². The molecule has 2 aromatic rings. The number of aliphatic hydroxyl groups excluding tert-OH is 1. The number of cyclic esters (lactones) is 1. The number of aliphatic hydroxyl groups is 1. The highest BCUT2D eigenvalue weighted by molar-refractivity contribution is 7.99. The predicted octanol–water partition coefficient (Wildman–Crippen LogP) is 2.98. The van der Waals surface area contributed by atoms with Crippen molar-refractivity contribution in [2.45, 2.75) is 62.7 Å². The summed E-state index contributed by atoms with van der Waals surface area (Å²) in [6.07, 6.45) is -0.533. The molecule has 2 fully saturated rings. The van der Waals surface area contributed by atoms with Gasteiger partial charge in [-0.05, 0) is 38.4 Å². The third-order valence-electron chi connectivity index (χ3n) is 9.70. The summed E-state index contributed by atoms with van der Waals surface area (Å²) in [5.74, 6) is 1.77. The van der Waals surface area contributed by atoms with E-state index < -0.39 is 24.1 Å². The van der Waals surface area contributed by atoms with Crippen LogP contribution in [0.15, 0.2) is 6.07 Å². The standard InChI is InChI=1S/C32H38N2O10S/c1-14-7-17-8-18-9-34-19-10-40-32(37)20(36)11-45-31(23-22(19)30-28(42-13-43-30)15(2)27(23)44-16(3)35)25(34)24(33(18)4)21(17)29(26(14)39-6)41-12-38-5/h7,18-20,24-25,31,36H,8-13H2,1-6H3/t18-,19-,20-,24+,25?,31+/m0/s1. The van der Waals surface area contributed by atoms with Crippen molar-refractivity contribution in [1.82, 2.24) is 9.80 Å². The number of rotatable bonds is 5. The van der Waals surface area contributed by atoms with Gasteiger partial charge in [0.15, 0.2) is 35.9 Å². The molecule has 7 rings (SSSR count). The van der Waals surface area contributed by atoms with E-state index in [2.05, 4.69) is 22.9 Å².